The van der Waals surface area contributed by atoms with Crippen LogP contribution in [0.2, 0.25) is 5.02 Å². The molecule has 0 fully saturated rings. The molecule has 8 heteroatoms. The van der Waals surface area contributed by atoms with Gasteiger partial charge >= 0.3 is 0 Å². The van der Waals surface area contributed by atoms with Crippen LogP contribution in [0.1, 0.15) is 6.92 Å². The van der Waals surface area contributed by atoms with Crippen LogP contribution in [0.4, 0.5) is 13.2 Å². The van der Waals surface area contributed by atoms with Gasteiger partial charge in [-0.15, -0.1) is 0 Å². The average Bonchev–Trinajstić information content (AvgIpc) is 3.08. The minimum Gasteiger partial charge on any atom is -0.356 e. The van der Waals surface area contributed by atoms with Gasteiger partial charge < -0.3 is 9.09 Å². The van der Waals surface area contributed by atoms with Crippen molar-refractivity contribution >= 4 is 22.6 Å². The van der Waals surface area contributed by atoms with Crippen LogP contribution in [0.5, 0.6) is 0 Å². The summed E-state index contributed by atoms with van der Waals surface area (Å²) in [6, 6.07) is 9.30. The number of nitrogens with zero attached hydrogens (tertiary/aromatic N) is 2. The molecule has 28 heavy (non-hydrogen) atoms. The fourth-order valence-electron chi connectivity index (χ4n) is 3.23. The second-order valence-corrected chi connectivity index (χ2v) is 6.48. The van der Waals surface area contributed by atoms with Crippen LogP contribution in [0.15, 0.2) is 51.8 Å². The molecule has 0 aliphatic heterocycles. The van der Waals surface area contributed by atoms with Gasteiger partial charge in [0.1, 0.15) is 28.2 Å². The van der Waals surface area contributed by atoms with Crippen molar-refractivity contribution in [3.05, 3.63) is 75.3 Å². The standard InChI is InChI=1S/C20H12ClF3N2O2/c1-2-26-19(17-14(23)7-10(22)8-15(17)24)12(9-13(21)20(26)27)18-11-5-3-4-6-16(11)28-25-18/h3-9H,2H2,1H3. The van der Waals surface area contributed by atoms with E-state index in [2.05, 4.69) is 5.16 Å². The van der Waals surface area contributed by atoms with Gasteiger partial charge in [-0.1, -0.05) is 28.9 Å². The molecular weight excluding hydrogens is 393 g/mol. The van der Waals surface area contributed by atoms with E-state index < -0.39 is 28.6 Å². The number of hydrogen-bond donors (Lipinski definition) is 0. The van der Waals surface area contributed by atoms with E-state index in [1.54, 1.807) is 31.2 Å². The number of halogens is 4. The van der Waals surface area contributed by atoms with E-state index >= 15 is 0 Å². The lowest BCUT2D eigenvalue weighted by Gasteiger charge is -2.17. The zero-order chi connectivity index (χ0) is 20.0. The molecule has 2 aromatic carbocycles. The van der Waals surface area contributed by atoms with Crippen LogP contribution in [0.3, 0.4) is 0 Å². The predicted octanol–water partition coefficient (Wildman–Crippen LogP) is 5.41. The zero-order valence-electron chi connectivity index (χ0n) is 14.5. The fourth-order valence-corrected chi connectivity index (χ4v) is 3.44. The summed E-state index contributed by atoms with van der Waals surface area (Å²) >= 11 is 6.09. The van der Waals surface area contributed by atoms with E-state index in [1.165, 1.54) is 6.07 Å². The SMILES string of the molecule is CCn1c(-c2c(F)cc(F)cc2F)c(-c2noc3ccccc23)cc(Cl)c1=O. The maximum Gasteiger partial charge on any atom is 0.269 e. The van der Waals surface area contributed by atoms with Crippen LogP contribution < -0.4 is 5.56 Å². The van der Waals surface area contributed by atoms with E-state index in [9.17, 15) is 18.0 Å². The molecule has 0 saturated heterocycles. The summed E-state index contributed by atoms with van der Waals surface area (Å²) in [6.45, 7) is 1.71. The molecule has 0 atom stereocenters. The molecule has 0 saturated carbocycles. The minimum atomic E-state index is -1.14. The molecule has 0 bridgehead atoms. The third-order valence-corrected chi connectivity index (χ3v) is 4.71. The summed E-state index contributed by atoms with van der Waals surface area (Å²) in [5.41, 5.74) is -0.351. The van der Waals surface area contributed by atoms with Crippen LogP contribution in [-0.2, 0) is 6.54 Å². The monoisotopic (exact) mass is 404 g/mol. The molecular formula is C20H12ClF3N2O2. The molecule has 0 N–H and O–H groups in total. The van der Waals surface area contributed by atoms with Crippen molar-refractivity contribution in [2.24, 2.45) is 0 Å². The Morgan fingerprint density at radius 1 is 1.11 bits per heavy atom. The lowest BCUT2D eigenvalue weighted by atomic mass is 9.99. The Kier molecular flexibility index (Phi) is 4.47. The highest BCUT2D eigenvalue weighted by Crippen LogP contribution is 2.38. The number of fused-ring (bicyclic) bond motifs is 1. The van der Waals surface area contributed by atoms with E-state index in [0.29, 0.717) is 23.1 Å². The number of para-hydroxylation sites is 1. The number of aromatic nitrogens is 2. The molecule has 0 radical (unpaired) electrons. The normalized spacial score (nSPS) is 11.3. The first-order chi connectivity index (χ1) is 13.4. The van der Waals surface area contributed by atoms with Gasteiger partial charge in [-0.05, 0) is 25.1 Å². The van der Waals surface area contributed by atoms with Gasteiger partial charge in [0.2, 0.25) is 0 Å². The van der Waals surface area contributed by atoms with Crippen molar-refractivity contribution in [1.82, 2.24) is 9.72 Å². The molecule has 2 heterocycles. The highest BCUT2D eigenvalue weighted by molar-refractivity contribution is 6.30. The van der Waals surface area contributed by atoms with Crippen molar-refractivity contribution in [3.8, 4) is 22.5 Å². The third kappa shape index (κ3) is 2.79. The van der Waals surface area contributed by atoms with Crippen LogP contribution in [-0.4, -0.2) is 9.72 Å². The first kappa shape index (κ1) is 18.3. The summed E-state index contributed by atoms with van der Waals surface area (Å²) in [7, 11) is 0. The average molecular weight is 405 g/mol. The molecule has 0 unspecified atom stereocenters. The van der Waals surface area contributed by atoms with Crippen molar-refractivity contribution in [2.45, 2.75) is 13.5 Å². The number of pyridine rings is 1. The van der Waals surface area contributed by atoms with Crippen molar-refractivity contribution in [1.29, 1.82) is 0 Å². The summed E-state index contributed by atoms with van der Waals surface area (Å²) in [4.78, 5) is 12.5. The minimum absolute atomic E-state index is 0.0771. The highest BCUT2D eigenvalue weighted by Gasteiger charge is 2.25. The summed E-state index contributed by atoms with van der Waals surface area (Å²) in [5.74, 6) is -3.35. The van der Waals surface area contributed by atoms with E-state index in [1.807, 2.05) is 0 Å². The van der Waals surface area contributed by atoms with Crippen molar-refractivity contribution in [2.75, 3.05) is 0 Å². The first-order valence-electron chi connectivity index (χ1n) is 8.35. The maximum absolute atomic E-state index is 14.6. The van der Waals surface area contributed by atoms with Gasteiger partial charge in [0.05, 0.1) is 11.3 Å². The van der Waals surface area contributed by atoms with Crippen LogP contribution in [0, 0.1) is 17.5 Å². The molecule has 4 aromatic rings. The van der Waals surface area contributed by atoms with Gasteiger partial charge in [-0.3, -0.25) is 4.79 Å². The lowest BCUT2D eigenvalue weighted by Crippen LogP contribution is -2.23. The largest absolute Gasteiger partial charge is 0.356 e. The first-order valence-corrected chi connectivity index (χ1v) is 8.73. The quantitative estimate of drug-likeness (QED) is 0.458. The predicted molar refractivity (Wildman–Crippen MR) is 99.7 cm³/mol. The van der Waals surface area contributed by atoms with Gasteiger partial charge in [-0.2, -0.15) is 0 Å². The Labute approximate surface area is 161 Å². The van der Waals surface area contributed by atoms with E-state index in [0.717, 1.165) is 4.57 Å². The van der Waals surface area contributed by atoms with E-state index in [-0.39, 0.29) is 28.5 Å². The molecule has 0 aliphatic rings. The molecule has 4 nitrogen and oxygen atoms in total. The number of benzene rings is 2. The smallest absolute Gasteiger partial charge is 0.269 e. The molecule has 2 aromatic heterocycles. The van der Waals surface area contributed by atoms with Crippen LogP contribution in [0.25, 0.3) is 33.5 Å². The Morgan fingerprint density at radius 2 is 1.79 bits per heavy atom. The molecule has 0 amide bonds. The van der Waals surface area contributed by atoms with Gasteiger partial charge in [-0.25, -0.2) is 13.2 Å². The topological polar surface area (TPSA) is 48.0 Å². The molecule has 0 spiro atoms. The Balaban J connectivity index is 2.17. The highest BCUT2D eigenvalue weighted by atomic mass is 35.5. The molecule has 142 valence electrons. The second kappa shape index (κ2) is 6.83. The molecule has 0 aliphatic carbocycles. The Morgan fingerprint density at radius 3 is 2.46 bits per heavy atom. The molecule has 4 rings (SSSR count). The summed E-state index contributed by atoms with van der Waals surface area (Å²) < 4.78 is 49.1. The Hall–Kier alpha value is -3.06. The summed E-state index contributed by atoms with van der Waals surface area (Å²) in [5, 5.41) is 4.44. The second-order valence-electron chi connectivity index (χ2n) is 6.08. The van der Waals surface area contributed by atoms with Gasteiger partial charge in [0.15, 0.2) is 5.58 Å². The zero-order valence-corrected chi connectivity index (χ0v) is 15.2. The van der Waals surface area contributed by atoms with Gasteiger partial charge in [0, 0.05) is 29.6 Å². The van der Waals surface area contributed by atoms with Crippen molar-refractivity contribution in [3.63, 3.8) is 0 Å². The maximum atomic E-state index is 14.6. The fraction of sp³-hybridized carbons (Fsp3) is 0.100. The Bertz CT molecular complexity index is 1260. The van der Waals surface area contributed by atoms with Crippen LogP contribution >= 0.6 is 11.6 Å². The number of hydrogen-bond acceptors (Lipinski definition) is 3. The van der Waals surface area contributed by atoms with Crippen molar-refractivity contribution < 1.29 is 17.7 Å². The summed E-state index contributed by atoms with van der Waals surface area (Å²) in [6.07, 6.45) is 0. The third-order valence-electron chi connectivity index (χ3n) is 4.44. The van der Waals surface area contributed by atoms with E-state index in [4.69, 9.17) is 16.1 Å². The van der Waals surface area contributed by atoms with Gasteiger partial charge in [0.25, 0.3) is 5.56 Å². The number of rotatable bonds is 3. The lowest BCUT2D eigenvalue weighted by molar-refractivity contribution is 0.459.